The van der Waals surface area contributed by atoms with Gasteiger partial charge in [-0.3, -0.25) is 9.36 Å². The minimum absolute atomic E-state index is 0.0736. The molecule has 126 valence electrons. The molecule has 0 atom stereocenters. The molecule has 6 nitrogen and oxygen atoms in total. The van der Waals surface area contributed by atoms with Crippen LogP contribution >= 0.6 is 11.3 Å². The first-order valence-corrected chi connectivity index (χ1v) is 8.54. The minimum atomic E-state index is -0.533. The van der Waals surface area contributed by atoms with Crippen LogP contribution in [0.25, 0.3) is 22.2 Å². The summed E-state index contributed by atoms with van der Waals surface area (Å²) in [6, 6.07) is 10.9. The van der Waals surface area contributed by atoms with Gasteiger partial charge in [0.25, 0.3) is 0 Å². The van der Waals surface area contributed by atoms with E-state index in [1.165, 1.54) is 4.57 Å². The summed E-state index contributed by atoms with van der Waals surface area (Å²) in [6.07, 6.45) is 3.31. The molecule has 3 aromatic heterocycles. The second kappa shape index (κ2) is 6.45. The highest BCUT2D eigenvalue weighted by Gasteiger charge is 2.12. The zero-order valence-corrected chi connectivity index (χ0v) is 13.9. The minimum Gasteiger partial charge on any atom is -0.472 e. The standard InChI is InChI=1S/C18H14N2O4S/c21-17(9-20-15-3-1-2-4-16(15)24-18(20)22)19-8-14-7-13(11-25-14)12-5-6-23-10-12/h1-7,10-11H,8-9H2,(H,19,21). The summed E-state index contributed by atoms with van der Waals surface area (Å²) in [5, 5.41) is 4.85. The lowest BCUT2D eigenvalue weighted by atomic mass is 10.2. The molecule has 25 heavy (non-hydrogen) atoms. The lowest BCUT2D eigenvalue weighted by Crippen LogP contribution is -2.30. The summed E-state index contributed by atoms with van der Waals surface area (Å²) >= 11 is 1.56. The highest BCUT2D eigenvalue weighted by molar-refractivity contribution is 7.10. The third-order valence-corrected chi connectivity index (χ3v) is 4.78. The third kappa shape index (κ3) is 3.14. The van der Waals surface area contributed by atoms with E-state index in [0.717, 1.165) is 16.0 Å². The number of carbonyl (C=O) groups is 1. The quantitative estimate of drug-likeness (QED) is 0.597. The predicted molar refractivity (Wildman–Crippen MR) is 94.3 cm³/mol. The van der Waals surface area contributed by atoms with Gasteiger partial charge in [0, 0.05) is 10.4 Å². The molecule has 0 saturated heterocycles. The number of nitrogens with one attached hydrogen (secondary N) is 1. The van der Waals surface area contributed by atoms with Gasteiger partial charge in [-0.2, -0.15) is 0 Å². The Morgan fingerprint density at radius 3 is 2.92 bits per heavy atom. The number of benzene rings is 1. The first-order valence-electron chi connectivity index (χ1n) is 7.66. The molecule has 4 rings (SSSR count). The van der Waals surface area contributed by atoms with E-state index in [-0.39, 0.29) is 12.5 Å². The maximum Gasteiger partial charge on any atom is 0.420 e. The van der Waals surface area contributed by atoms with Crippen molar-refractivity contribution in [3.05, 3.63) is 69.7 Å². The molecule has 0 radical (unpaired) electrons. The number of hydrogen-bond acceptors (Lipinski definition) is 5. The van der Waals surface area contributed by atoms with E-state index in [4.69, 9.17) is 8.83 Å². The second-order valence-corrected chi connectivity index (χ2v) is 6.51. The number of thiophene rings is 1. The average Bonchev–Trinajstić information content (AvgIpc) is 3.33. The van der Waals surface area contributed by atoms with Gasteiger partial charge < -0.3 is 14.2 Å². The van der Waals surface area contributed by atoms with E-state index in [1.807, 2.05) is 17.5 Å². The number of nitrogens with zero attached hydrogens (tertiary/aromatic N) is 1. The number of carbonyl (C=O) groups excluding carboxylic acids is 1. The zero-order chi connectivity index (χ0) is 17.2. The molecular formula is C18H14N2O4S. The van der Waals surface area contributed by atoms with Gasteiger partial charge in [-0.15, -0.1) is 11.3 Å². The van der Waals surface area contributed by atoms with E-state index in [9.17, 15) is 9.59 Å². The number of fused-ring (bicyclic) bond motifs is 1. The van der Waals surface area contributed by atoms with Crippen LogP contribution in [0.3, 0.4) is 0 Å². The number of oxazole rings is 1. The highest BCUT2D eigenvalue weighted by Crippen LogP contribution is 2.25. The molecule has 0 bridgehead atoms. The van der Waals surface area contributed by atoms with Gasteiger partial charge in [0.2, 0.25) is 5.91 Å². The molecular weight excluding hydrogens is 340 g/mol. The predicted octanol–water partition coefficient (Wildman–Crippen LogP) is 3.23. The van der Waals surface area contributed by atoms with Crippen LogP contribution in [0.1, 0.15) is 4.88 Å². The molecule has 7 heteroatoms. The number of furan rings is 1. The SMILES string of the molecule is O=C(Cn1c(=O)oc2ccccc21)NCc1cc(-c2ccoc2)cs1. The van der Waals surface area contributed by atoms with Gasteiger partial charge >= 0.3 is 5.76 Å². The van der Waals surface area contributed by atoms with Gasteiger partial charge in [0.15, 0.2) is 5.58 Å². The number of para-hydroxylation sites is 2. The Balaban J connectivity index is 1.42. The molecule has 0 aliphatic carbocycles. The molecule has 0 aliphatic heterocycles. The summed E-state index contributed by atoms with van der Waals surface area (Å²) in [4.78, 5) is 25.1. The van der Waals surface area contributed by atoms with E-state index < -0.39 is 5.76 Å². The first kappa shape index (κ1) is 15.5. The molecule has 0 saturated carbocycles. The fraction of sp³-hybridized carbons (Fsp3) is 0.111. The van der Waals surface area contributed by atoms with Crippen molar-refractivity contribution >= 4 is 28.3 Å². The largest absolute Gasteiger partial charge is 0.472 e. The van der Waals surface area contributed by atoms with Crippen LogP contribution in [-0.2, 0) is 17.9 Å². The Morgan fingerprint density at radius 2 is 2.08 bits per heavy atom. The Labute approximate surface area is 146 Å². The number of aromatic nitrogens is 1. The van der Waals surface area contributed by atoms with Crippen LogP contribution in [0.5, 0.6) is 0 Å². The molecule has 1 aromatic carbocycles. The highest BCUT2D eigenvalue weighted by atomic mass is 32.1. The van der Waals surface area contributed by atoms with Crippen LogP contribution in [0.4, 0.5) is 0 Å². The van der Waals surface area contributed by atoms with Crippen molar-refractivity contribution in [3.63, 3.8) is 0 Å². The van der Waals surface area contributed by atoms with Crippen molar-refractivity contribution in [2.24, 2.45) is 0 Å². The van der Waals surface area contributed by atoms with Crippen molar-refractivity contribution in [3.8, 4) is 11.1 Å². The van der Waals surface area contributed by atoms with Crippen molar-refractivity contribution in [1.29, 1.82) is 0 Å². The van der Waals surface area contributed by atoms with Crippen LogP contribution in [-0.4, -0.2) is 10.5 Å². The Hall–Kier alpha value is -3.06. The fourth-order valence-electron chi connectivity index (χ4n) is 2.60. The van der Waals surface area contributed by atoms with E-state index >= 15 is 0 Å². The average molecular weight is 354 g/mol. The normalized spacial score (nSPS) is 11.0. The second-order valence-electron chi connectivity index (χ2n) is 5.51. The molecule has 1 amide bonds. The molecule has 0 spiro atoms. The lowest BCUT2D eigenvalue weighted by molar-refractivity contribution is -0.121. The summed E-state index contributed by atoms with van der Waals surface area (Å²) in [6.45, 7) is 0.335. The summed E-state index contributed by atoms with van der Waals surface area (Å²) in [7, 11) is 0. The van der Waals surface area contributed by atoms with E-state index in [2.05, 4.69) is 5.32 Å². The summed E-state index contributed by atoms with van der Waals surface area (Å²) < 4.78 is 11.5. The monoisotopic (exact) mass is 354 g/mol. The molecule has 0 unspecified atom stereocenters. The fourth-order valence-corrected chi connectivity index (χ4v) is 3.44. The van der Waals surface area contributed by atoms with Crippen molar-refractivity contribution in [2.45, 2.75) is 13.1 Å². The molecule has 1 N–H and O–H groups in total. The molecule has 0 aliphatic rings. The summed E-state index contributed by atoms with van der Waals surface area (Å²) in [5.74, 6) is -0.776. The van der Waals surface area contributed by atoms with Gasteiger partial charge in [0.1, 0.15) is 6.54 Å². The smallest absolute Gasteiger partial charge is 0.420 e. The van der Waals surface area contributed by atoms with Gasteiger partial charge in [-0.25, -0.2) is 4.79 Å². The van der Waals surface area contributed by atoms with Crippen molar-refractivity contribution < 1.29 is 13.6 Å². The maximum absolute atomic E-state index is 12.2. The zero-order valence-electron chi connectivity index (χ0n) is 13.1. The number of hydrogen-bond donors (Lipinski definition) is 1. The van der Waals surface area contributed by atoms with Gasteiger partial charge in [-0.05, 0) is 35.2 Å². The van der Waals surface area contributed by atoms with Crippen LogP contribution in [0.2, 0.25) is 0 Å². The van der Waals surface area contributed by atoms with Gasteiger partial charge in [-0.1, -0.05) is 12.1 Å². The van der Waals surface area contributed by atoms with Gasteiger partial charge in [0.05, 0.1) is 24.6 Å². The topological polar surface area (TPSA) is 77.4 Å². The Bertz CT molecular complexity index is 1070. The van der Waals surface area contributed by atoms with Crippen LogP contribution < -0.4 is 11.1 Å². The lowest BCUT2D eigenvalue weighted by Gasteiger charge is -2.04. The van der Waals surface area contributed by atoms with E-state index in [0.29, 0.717) is 17.6 Å². The molecule has 3 heterocycles. The molecule has 0 fully saturated rings. The van der Waals surface area contributed by atoms with Crippen molar-refractivity contribution in [1.82, 2.24) is 9.88 Å². The van der Waals surface area contributed by atoms with Crippen LogP contribution in [0.15, 0.2) is 67.9 Å². The number of rotatable bonds is 5. The first-order chi connectivity index (χ1) is 12.2. The Morgan fingerprint density at radius 1 is 1.20 bits per heavy atom. The van der Waals surface area contributed by atoms with Crippen LogP contribution in [0, 0.1) is 0 Å². The Kier molecular flexibility index (Phi) is 3.99. The molecule has 4 aromatic rings. The van der Waals surface area contributed by atoms with Crippen molar-refractivity contribution in [2.75, 3.05) is 0 Å². The number of amides is 1. The third-order valence-electron chi connectivity index (χ3n) is 3.84. The summed E-state index contributed by atoms with van der Waals surface area (Å²) in [5.41, 5.74) is 3.15. The maximum atomic E-state index is 12.2. The van der Waals surface area contributed by atoms with E-state index in [1.54, 1.807) is 48.1 Å².